The second kappa shape index (κ2) is 46.1. The van der Waals surface area contributed by atoms with Crippen molar-refractivity contribution in [3.8, 4) is 11.5 Å². The van der Waals surface area contributed by atoms with E-state index in [0.717, 1.165) is 57.3 Å². The molecule has 25 nitrogen and oxygen atoms in total. The van der Waals surface area contributed by atoms with Gasteiger partial charge in [0.05, 0.1) is 41.3 Å². The Kier molecular flexibility index (Phi) is 38.8. The van der Waals surface area contributed by atoms with E-state index in [4.69, 9.17) is 103 Å². The summed E-state index contributed by atoms with van der Waals surface area (Å²) >= 11 is 38.7. The number of ether oxygens (including phenoxy) is 6. The summed E-state index contributed by atoms with van der Waals surface area (Å²) in [6.45, 7) is 43.6. The van der Waals surface area contributed by atoms with E-state index in [1.807, 2.05) is 206 Å². The van der Waals surface area contributed by atoms with Gasteiger partial charge in [0, 0.05) is 155 Å². The molecule has 7 heterocycles. The number of rotatable bonds is 9. The fraction of sp³-hybridized carbons (Fsp3) is 0.556. The molecular formula is C99H134BrCl6N7O18. The number of aliphatic hydroxyl groups is 3. The number of hydrogen-bond acceptors (Lipinski definition) is 19. The number of Topliss-reactive ketones (excluding diaryl/α,β-unsaturated/α-hetero) is 2. The van der Waals surface area contributed by atoms with E-state index in [1.54, 1.807) is 65.8 Å². The van der Waals surface area contributed by atoms with Crippen LogP contribution in [0.3, 0.4) is 0 Å². The van der Waals surface area contributed by atoms with Crippen molar-refractivity contribution in [2.24, 2.45) is 21.7 Å². The number of ketones is 2. The van der Waals surface area contributed by atoms with Gasteiger partial charge in [-0.15, -0.1) is 0 Å². The van der Waals surface area contributed by atoms with Gasteiger partial charge in [-0.05, 0) is 216 Å². The number of piperidine rings is 5. The van der Waals surface area contributed by atoms with Gasteiger partial charge in [-0.3, -0.25) is 19.3 Å². The van der Waals surface area contributed by atoms with E-state index < -0.39 is 79.7 Å². The Hall–Kier alpha value is -7.86. The molecule has 0 saturated carbocycles. The maximum atomic E-state index is 13.2. The molecule has 32 heteroatoms. The Morgan fingerprint density at radius 3 is 1.22 bits per heavy atom. The van der Waals surface area contributed by atoms with Crippen molar-refractivity contribution >= 4 is 145 Å². The van der Waals surface area contributed by atoms with Crippen LogP contribution < -0.4 is 25.0 Å². The van der Waals surface area contributed by atoms with Crippen LogP contribution in [0.25, 0.3) is 0 Å². The molecule has 0 aliphatic carbocycles. The molecule has 5 unspecified atom stereocenters. The van der Waals surface area contributed by atoms with Crippen molar-refractivity contribution in [3.63, 3.8) is 0 Å². The number of aliphatic carboxylic acids is 1. The highest BCUT2D eigenvalue weighted by Gasteiger charge is 2.52. The zero-order valence-electron chi connectivity index (χ0n) is 79.3. The van der Waals surface area contributed by atoms with Crippen molar-refractivity contribution in [1.82, 2.24) is 24.9 Å². The van der Waals surface area contributed by atoms with Crippen molar-refractivity contribution in [3.05, 3.63) is 186 Å². The van der Waals surface area contributed by atoms with E-state index in [-0.39, 0.29) is 53.5 Å². The lowest BCUT2D eigenvalue weighted by molar-refractivity contribution is -0.156. The number of benzene rings is 6. The van der Waals surface area contributed by atoms with Crippen LogP contribution in [0.15, 0.2) is 133 Å². The van der Waals surface area contributed by atoms with Gasteiger partial charge < -0.3 is 79.1 Å². The van der Waals surface area contributed by atoms with Crippen molar-refractivity contribution in [2.75, 3.05) is 88.8 Å². The number of halogens is 7. The number of anilines is 2. The highest BCUT2D eigenvalue weighted by Crippen LogP contribution is 2.45. The lowest BCUT2D eigenvalue weighted by atomic mass is 9.67. The first-order valence-corrected chi connectivity index (χ1v) is 47.5. The molecule has 0 bridgehead atoms. The normalized spacial score (nSPS) is 21.7. The zero-order chi connectivity index (χ0) is 98.0. The average molecular weight is 2000 g/mol. The summed E-state index contributed by atoms with van der Waals surface area (Å²) in [5.74, 6) is 0.134. The smallest absolute Gasteiger partial charge is 0.415 e. The number of likely N-dealkylation sites (tertiary alicyclic amines) is 4. The second-order valence-corrected chi connectivity index (χ2v) is 43.9. The molecule has 5 atom stereocenters. The van der Waals surface area contributed by atoms with Crippen LogP contribution in [0.1, 0.15) is 199 Å². The molecule has 0 radical (unpaired) electrons. The summed E-state index contributed by atoms with van der Waals surface area (Å²) < 4.78 is 32.5. The lowest BCUT2D eigenvalue weighted by Gasteiger charge is -2.51. The van der Waals surface area contributed by atoms with Crippen molar-refractivity contribution in [2.45, 2.75) is 253 Å². The van der Waals surface area contributed by atoms with Crippen LogP contribution in [-0.2, 0) is 62.7 Å². The average Bonchev–Trinajstić information content (AvgIpc) is 0.773. The van der Waals surface area contributed by atoms with Crippen LogP contribution in [0.2, 0.25) is 30.1 Å². The quantitative estimate of drug-likeness (QED) is 0.0579. The van der Waals surface area contributed by atoms with E-state index in [2.05, 4.69) is 40.4 Å². The number of alkyl halides is 1. The van der Waals surface area contributed by atoms with Gasteiger partial charge >= 0.3 is 30.3 Å². The number of hydrogen-bond donors (Lipinski definition) is 6. The topological polar surface area (TPSA) is 313 Å². The highest BCUT2D eigenvalue weighted by molar-refractivity contribution is 9.08. The molecule has 5 fully saturated rings. The molecular weight excluding hydrogens is 1870 g/mol. The predicted octanol–water partition coefficient (Wildman–Crippen LogP) is 21.3. The Bertz CT molecular complexity index is 4860. The van der Waals surface area contributed by atoms with Crippen molar-refractivity contribution in [1.29, 1.82) is 0 Å². The predicted molar refractivity (Wildman–Crippen MR) is 522 cm³/mol. The number of nitrogens with zero attached hydrogens (tertiary/aromatic N) is 5. The van der Waals surface area contributed by atoms with Gasteiger partial charge in [-0.1, -0.05) is 189 Å². The molecule has 6 N–H and O–H groups in total. The third-order valence-corrected chi connectivity index (χ3v) is 25.5. The maximum Gasteiger partial charge on any atom is 0.415 e. The first kappa shape index (κ1) is 110. The summed E-state index contributed by atoms with van der Waals surface area (Å²) in [4.78, 5) is 103. The molecule has 6 aromatic rings. The van der Waals surface area contributed by atoms with E-state index in [9.17, 15) is 53.7 Å². The van der Waals surface area contributed by atoms with Gasteiger partial charge in [0.15, 0.2) is 6.10 Å². The van der Waals surface area contributed by atoms with Crippen LogP contribution in [0.5, 0.6) is 11.5 Å². The summed E-state index contributed by atoms with van der Waals surface area (Å²) in [6, 6.07) is 40.6. The van der Waals surface area contributed by atoms with Crippen LogP contribution in [0, 0.1) is 21.7 Å². The minimum atomic E-state index is -1.15. The fourth-order valence-electron chi connectivity index (χ4n) is 15.3. The Morgan fingerprint density at radius 2 is 0.809 bits per heavy atom. The lowest BCUT2D eigenvalue weighted by Crippen LogP contribution is -2.61. The molecule has 722 valence electrons. The third kappa shape index (κ3) is 33.9. The Balaban J connectivity index is 0.000000214. The van der Waals surface area contributed by atoms with E-state index >= 15 is 0 Å². The summed E-state index contributed by atoms with van der Waals surface area (Å²) in [6.07, 6.45) is 1.56. The molecule has 5 amide bonds. The number of carboxylic acid groups (broad SMARTS) is 1. The zero-order valence-corrected chi connectivity index (χ0v) is 85.4. The van der Waals surface area contributed by atoms with Gasteiger partial charge in [-0.25, -0.2) is 24.0 Å². The standard InChI is InChI=1S/C23H26Cl2N2O3.C19H28ClNO3.C14H16ClNO5.C14H20ClNO.C12H21NO3.C10H17NO3.C7H6BrCl/c1-22(2)14-27(10-9-23(22,29)12-15-3-5-16(24)6-4-15)21(28)20-13-26-18-11-17(25)7-8-19(18)30-20;1-17(2,3)24-16(22)21-11-10-19(23,18(4,5)13-21)12-14-6-8-15(20)9-7-14;1-14(2,3)21-13(19)16-7-11(12(17)18)20-10-5-4-8(15)6-9(10)16;1-13(2)10-16-8-7-14(13,17)9-11-3-5-12(15)6-4-11;1-11(2,3)16-10(15)13-7-6-9(14)12(4,5)8-13;1-10(2,3)14-9(13)11-6-4-8(12)5-7-11;8-5-6-1-3-7(9)4-2-6/h3-8,11,20,26,29H,9-10,12-14H2,1-2H3;6-9,23H,10-13H2,1-5H3;4-6,11H,7H2,1-3H3,(H,17,18);3-6,16-17H,7-10H2,1-2H3;6-8H2,1-5H3;4-7H2,1-3H3;1-4H,5H2. The monoisotopic (exact) mass is 2000 g/mol. The Morgan fingerprint density at radius 1 is 0.443 bits per heavy atom. The molecule has 131 heavy (non-hydrogen) atoms. The first-order valence-electron chi connectivity index (χ1n) is 44.1. The summed E-state index contributed by atoms with van der Waals surface area (Å²) in [7, 11) is 0. The van der Waals surface area contributed by atoms with Crippen LogP contribution in [-0.4, -0.2) is 218 Å². The largest absolute Gasteiger partial charge is 0.478 e. The fourth-order valence-corrected chi connectivity index (χ4v) is 16.5. The third-order valence-electron chi connectivity index (χ3n) is 23.3. The molecule has 0 spiro atoms. The summed E-state index contributed by atoms with van der Waals surface area (Å²) in [5.41, 5.74) is -0.380. The number of nitrogens with one attached hydrogen (secondary N) is 2. The molecule has 0 aromatic heterocycles. The van der Waals surface area contributed by atoms with Gasteiger partial charge in [0.25, 0.3) is 5.91 Å². The molecule has 13 rings (SSSR count). The Labute approximate surface area is 811 Å². The molecule has 6 aromatic carbocycles. The highest BCUT2D eigenvalue weighted by atomic mass is 79.9. The minimum absolute atomic E-state index is 0.0651. The molecule has 5 saturated heterocycles. The van der Waals surface area contributed by atoms with E-state index in [0.29, 0.717) is 142 Å². The summed E-state index contributed by atoms with van der Waals surface area (Å²) in [5, 5.41) is 54.1. The van der Waals surface area contributed by atoms with E-state index in [1.165, 1.54) is 16.5 Å². The number of carbonyl (C=O) groups is 8. The molecule has 7 aliphatic rings. The van der Waals surface area contributed by atoms with Crippen LogP contribution in [0.4, 0.5) is 30.6 Å². The first-order chi connectivity index (χ1) is 60.5. The number of carboxylic acids is 1. The van der Waals surface area contributed by atoms with Gasteiger partial charge in [0.1, 0.15) is 45.5 Å². The number of amides is 5. The maximum absolute atomic E-state index is 13.2. The van der Waals surface area contributed by atoms with Crippen LogP contribution >= 0.6 is 85.5 Å². The van der Waals surface area contributed by atoms with Gasteiger partial charge in [0.2, 0.25) is 6.10 Å². The second-order valence-electron chi connectivity index (χ2n) is 40.7. The number of fused-ring (bicyclic) bond motifs is 2. The molecule has 7 aliphatic heterocycles. The minimum Gasteiger partial charge on any atom is -0.478 e. The number of carbonyl (C=O) groups excluding carboxylic acids is 7. The van der Waals surface area contributed by atoms with Gasteiger partial charge in [-0.2, -0.15) is 0 Å². The van der Waals surface area contributed by atoms with Crippen molar-refractivity contribution < 1.29 is 87.2 Å². The SMILES string of the molecule is CC(C)(C)OC(=O)N1CC(C(=O)O)Oc2ccc(Cl)cc21.CC(C)(C)OC(=O)N1CCC(=O)C(C)(C)C1.CC(C)(C)OC(=O)N1CCC(=O)CC1.CC(C)(C)OC(=O)N1CCC(O)(Cc2ccc(Cl)cc2)C(C)(C)C1.CC1(C)CN(C(=O)C2CNc3cc(Cl)ccc3O2)CCC1(O)Cc1ccc(Cl)cc1.CC1(C)CNCCC1(O)Cc1ccc(Cl)cc1.Clc1ccc(CBr)cc1.